The summed E-state index contributed by atoms with van der Waals surface area (Å²) in [6.45, 7) is 4.29. The Hall–Kier alpha value is -1.63. The molecular formula is C17H27ClN4O2. The highest BCUT2D eigenvalue weighted by Gasteiger charge is 2.19. The molecule has 0 radical (unpaired) electrons. The number of hydrogen-bond acceptors (Lipinski definition) is 4. The first kappa shape index (κ1) is 20.4. The molecule has 1 aromatic rings. The van der Waals surface area contributed by atoms with Crippen molar-refractivity contribution in [3.8, 4) is 0 Å². The Bertz CT molecular complexity index is 521. The van der Waals surface area contributed by atoms with Gasteiger partial charge in [-0.05, 0) is 12.6 Å². The van der Waals surface area contributed by atoms with Gasteiger partial charge in [0.15, 0.2) is 0 Å². The third kappa shape index (κ3) is 6.47. The van der Waals surface area contributed by atoms with Crippen molar-refractivity contribution in [3.63, 3.8) is 0 Å². The first-order valence-corrected chi connectivity index (χ1v) is 8.01. The second kappa shape index (κ2) is 10.3. The molecule has 0 aliphatic carbocycles. The summed E-state index contributed by atoms with van der Waals surface area (Å²) in [5.41, 5.74) is 1.10. The Kier molecular flexibility index (Phi) is 8.74. The molecule has 0 saturated carbocycles. The Morgan fingerprint density at radius 3 is 2.33 bits per heavy atom. The van der Waals surface area contributed by atoms with Crippen LogP contribution in [0.25, 0.3) is 0 Å². The SMILES string of the molecule is CN(CC(=O)N(C)Cc1ccccc1)CC(=O)N1CCNCC1.Cl. The smallest absolute Gasteiger partial charge is 0.236 e. The van der Waals surface area contributed by atoms with E-state index in [1.807, 2.05) is 42.3 Å². The van der Waals surface area contributed by atoms with Crippen LogP contribution in [-0.2, 0) is 16.1 Å². The van der Waals surface area contributed by atoms with Crippen LogP contribution in [-0.4, -0.2) is 79.9 Å². The van der Waals surface area contributed by atoms with Gasteiger partial charge < -0.3 is 15.1 Å². The quantitative estimate of drug-likeness (QED) is 0.805. The molecule has 2 rings (SSSR count). The molecule has 1 fully saturated rings. The van der Waals surface area contributed by atoms with Crippen molar-refractivity contribution in [1.29, 1.82) is 0 Å². The van der Waals surface area contributed by atoms with Gasteiger partial charge in [0.2, 0.25) is 11.8 Å². The minimum atomic E-state index is 0. The number of amides is 2. The topological polar surface area (TPSA) is 55.9 Å². The van der Waals surface area contributed by atoms with E-state index in [0.29, 0.717) is 6.54 Å². The fraction of sp³-hybridized carbons (Fsp3) is 0.529. The summed E-state index contributed by atoms with van der Waals surface area (Å²) < 4.78 is 0. The highest BCUT2D eigenvalue weighted by molar-refractivity contribution is 5.85. The van der Waals surface area contributed by atoms with Crippen LogP contribution in [0.2, 0.25) is 0 Å². The Labute approximate surface area is 150 Å². The van der Waals surface area contributed by atoms with Gasteiger partial charge in [-0.25, -0.2) is 0 Å². The molecule has 1 heterocycles. The molecule has 1 N–H and O–H groups in total. The number of likely N-dealkylation sites (N-methyl/N-ethyl adjacent to an activating group) is 2. The number of benzene rings is 1. The Balaban J connectivity index is 0.00000288. The number of nitrogens with zero attached hydrogens (tertiary/aromatic N) is 3. The zero-order valence-corrected chi connectivity index (χ0v) is 15.2. The van der Waals surface area contributed by atoms with Crippen molar-refractivity contribution < 1.29 is 9.59 Å². The number of hydrogen-bond donors (Lipinski definition) is 1. The molecule has 24 heavy (non-hydrogen) atoms. The molecule has 6 nitrogen and oxygen atoms in total. The lowest BCUT2D eigenvalue weighted by Crippen LogP contribution is -2.50. The zero-order valence-electron chi connectivity index (χ0n) is 14.4. The molecule has 0 bridgehead atoms. The maximum absolute atomic E-state index is 12.3. The Morgan fingerprint density at radius 1 is 1.08 bits per heavy atom. The van der Waals surface area contributed by atoms with Gasteiger partial charge in [0.25, 0.3) is 0 Å². The number of halogens is 1. The third-order valence-corrected chi connectivity index (χ3v) is 3.97. The molecule has 0 aromatic heterocycles. The first-order valence-electron chi connectivity index (χ1n) is 8.01. The number of carbonyl (C=O) groups is 2. The van der Waals surface area contributed by atoms with Crippen LogP contribution in [0.3, 0.4) is 0 Å². The molecule has 1 aliphatic heterocycles. The zero-order chi connectivity index (χ0) is 16.7. The summed E-state index contributed by atoms with van der Waals surface area (Å²) in [4.78, 5) is 29.8. The molecule has 0 unspecified atom stereocenters. The van der Waals surface area contributed by atoms with E-state index in [4.69, 9.17) is 0 Å². The van der Waals surface area contributed by atoms with Gasteiger partial charge in [-0.3, -0.25) is 14.5 Å². The van der Waals surface area contributed by atoms with E-state index in [1.165, 1.54) is 0 Å². The molecule has 1 aliphatic rings. The monoisotopic (exact) mass is 354 g/mol. The molecule has 1 saturated heterocycles. The first-order chi connectivity index (χ1) is 11.1. The van der Waals surface area contributed by atoms with Crippen LogP contribution in [0.15, 0.2) is 30.3 Å². The van der Waals surface area contributed by atoms with Crippen molar-refractivity contribution in [3.05, 3.63) is 35.9 Å². The van der Waals surface area contributed by atoms with Gasteiger partial charge in [-0.2, -0.15) is 0 Å². The highest BCUT2D eigenvalue weighted by Crippen LogP contribution is 2.03. The maximum atomic E-state index is 12.3. The van der Waals surface area contributed by atoms with Crippen LogP contribution in [0, 0.1) is 0 Å². The summed E-state index contributed by atoms with van der Waals surface area (Å²) in [7, 11) is 3.61. The van der Waals surface area contributed by atoms with E-state index in [2.05, 4.69) is 5.32 Å². The van der Waals surface area contributed by atoms with Crippen LogP contribution in [0.5, 0.6) is 0 Å². The standard InChI is InChI=1S/C17H26N4O2.ClH/c1-19(14-17(23)21-10-8-18-9-11-21)13-16(22)20(2)12-15-6-4-3-5-7-15;/h3-7,18H,8-14H2,1-2H3;1H. The maximum Gasteiger partial charge on any atom is 0.236 e. The van der Waals surface area contributed by atoms with E-state index in [0.717, 1.165) is 31.7 Å². The van der Waals surface area contributed by atoms with Crippen LogP contribution >= 0.6 is 12.4 Å². The van der Waals surface area contributed by atoms with E-state index >= 15 is 0 Å². The van der Waals surface area contributed by atoms with Crippen LogP contribution in [0.1, 0.15) is 5.56 Å². The van der Waals surface area contributed by atoms with Crippen molar-refractivity contribution >= 4 is 24.2 Å². The summed E-state index contributed by atoms with van der Waals surface area (Å²) in [5, 5.41) is 3.22. The summed E-state index contributed by atoms with van der Waals surface area (Å²) in [6, 6.07) is 9.89. The van der Waals surface area contributed by atoms with Crippen LogP contribution < -0.4 is 5.32 Å². The second-order valence-electron chi connectivity index (χ2n) is 6.04. The van der Waals surface area contributed by atoms with Crippen molar-refractivity contribution in [1.82, 2.24) is 20.0 Å². The van der Waals surface area contributed by atoms with Crippen molar-refractivity contribution in [2.75, 3.05) is 53.4 Å². The van der Waals surface area contributed by atoms with Crippen molar-refractivity contribution in [2.45, 2.75) is 6.54 Å². The van der Waals surface area contributed by atoms with Gasteiger partial charge >= 0.3 is 0 Å². The molecule has 0 spiro atoms. The summed E-state index contributed by atoms with van der Waals surface area (Å²) in [6.07, 6.45) is 0. The normalized spacial score (nSPS) is 14.2. The molecule has 2 amide bonds. The summed E-state index contributed by atoms with van der Waals surface area (Å²) in [5.74, 6) is 0.108. The number of rotatable bonds is 6. The largest absolute Gasteiger partial charge is 0.340 e. The molecule has 7 heteroatoms. The lowest BCUT2D eigenvalue weighted by Gasteiger charge is -2.29. The fourth-order valence-corrected chi connectivity index (χ4v) is 2.60. The van der Waals surface area contributed by atoms with E-state index < -0.39 is 0 Å². The summed E-state index contributed by atoms with van der Waals surface area (Å²) >= 11 is 0. The molecule has 1 aromatic carbocycles. The van der Waals surface area contributed by atoms with Gasteiger partial charge in [-0.1, -0.05) is 30.3 Å². The van der Waals surface area contributed by atoms with Gasteiger partial charge in [-0.15, -0.1) is 12.4 Å². The van der Waals surface area contributed by atoms with Crippen molar-refractivity contribution in [2.24, 2.45) is 0 Å². The van der Waals surface area contributed by atoms with Crippen LogP contribution in [0.4, 0.5) is 0 Å². The van der Waals surface area contributed by atoms with E-state index in [-0.39, 0.29) is 37.3 Å². The molecular weight excluding hydrogens is 328 g/mol. The molecule has 0 atom stereocenters. The van der Waals surface area contributed by atoms with E-state index in [1.54, 1.807) is 16.8 Å². The molecule has 134 valence electrons. The van der Waals surface area contributed by atoms with Gasteiger partial charge in [0.1, 0.15) is 0 Å². The predicted octanol–water partition coefficient (Wildman–Crippen LogP) is 0.430. The van der Waals surface area contributed by atoms with Gasteiger partial charge in [0, 0.05) is 39.8 Å². The second-order valence-corrected chi connectivity index (χ2v) is 6.04. The lowest BCUT2D eigenvalue weighted by molar-refractivity contribution is -0.135. The number of piperazine rings is 1. The minimum Gasteiger partial charge on any atom is -0.340 e. The third-order valence-electron chi connectivity index (χ3n) is 3.97. The van der Waals surface area contributed by atoms with E-state index in [9.17, 15) is 9.59 Å². The fourth-order valence-electron chi connectivity index (χ4n) is 2.60. The lowest BCUT2D eigenvalue weighted by atomic mass is 10.2. The average molecular weight is 355 g/mol. The minimum absolute atomic E-state index is 0. The highest BCUT2D eigenvalue weighted by atomic mass is 35.5. The number of carbonyl (C=O) groups excluding carboxylic acids is 2. The Morgan fingerprint density at radius 2 is 1.71 bits per heavy atom. The average Bonchev–Trinajstić information content (AvgIpc) is 2.56. The predicted molar refractivity (Wildman–Crippen MR) is 97.1 cm³/mol. The number of nitrogens with one attached hydrogen (secondary N) is 1. The van der Waals surface area contributed by atoms with Gasteiger partial charge in [0.05, 0.1) is 13.1 Å².